The lowest BCUT2D eigenvalue weighted by atomic mass is 9.83. The van der Waals surface area contributed by atoms with E-state index in [9.17, 15) is 31.9 Å². The van der Waals surface area contributed by atoms with E-state index in [0.717, 1.165) is 24.4 Å². The molecular weight excluding hydrogens is 563 g/mol. The van der Waals surface area contributed by atoms with Gasteiger partial charge >= 0.3 is 6.18 Å². The highest BCUT2D eigenvalue weighted by Gasteiger charge is 2.57. The first-order valence-electron chi connectivity index (χ1n) is 11.5. The molecule has 2 unspecified atom stereocenters. The zero-order valence-corrected chi connectivity index (χ0v) is 22.1. The molecule has 0 radical (unpaired) electrons. The number of fused-ring (bicyclic) bond motifs is 1. The van der Waals surface area contributed by atoms with Gasteiger partial charge in [-0.05, 0) is 47.3 Å². The van der Waals surface area contributed by atoms with E-state index in [0.29, 0.717) is 17.1 Å². The van der Waals surface area contributed by atoms with Crippen LogP contribution in [0.5, 0.6) is 11.6 Å². The summed E-state index contributed by atoms with van der Waals surface area (Å²) < 4.78 is 76.8. The number of aliphatic hydroxyl groups is 2. The van der Waals surface area contributed by atoms with Crippen LogP contribution in [0.4, 0.5) is 22.0 Å². The molecule has 4 aromatic rings. The van der Waals surface area contributed by atoms with Crippen molar-refractivity contribution in [3.63, 3.8) is 0 Å². The molecule has 0 fully saturated rings. The van der Waals surface area contributed by atoms with Gasteiger partial charge in [-0.15, -0.1) is 0 Å². The minimum absolute atomic E-state index is 0.231. The Labute approximate surface area is 230 Å². The molecule has 13 heteroatoms. The van der Waals surface area contributed by atoms with Crippen molar-refractivity contribution >= 4 is 22.5 Å². The van der Waals surface area contributed by atoms with Crippen molar-refractivity contribution in [1.82, 2.24) is 9.55 Å². The lowest BCUT2D eigenvalue weighted by molar-refractivity contribution is -0.278. The Hall–Kier alpha value is -3.74. The van der Waals surface area contributed by atoms with Crippen LogP contribution in [0.3, 0.4) is 0 Å². The number of aliphatic hydroxyl groups excluding tert-OH is 1. The van der Waals surface area contributed by atoms with Crippen LogP contribution in [0.2, 0.25) is 5.02 Å². The van der Waals surface area contributed by atoms with Gasteiger partial charge in [0.1, 0.15) is 5.82 Å². The lowest BCUT2D eigenvalue weighted by Crippen LogP contribution is -2.52. The van der Waals surface area contributed by atoms with Gasteiger partial charge in [0.2, 0.25) is 5.88 Å². The number of halogens is 6. The first-order chi connectivity index (χ1) is 18.8. The van der Waals surface area contributed by atoms with Crippen LogP contribution >= 0.6 is 11.6 Å². The Morgan fingerprint density at radius 1 is 1.02 bits per heavy atom. The predicted molar refractivity (Wildman–Crippen MR) is 138 cm³/mol. The average molecular weight is 587 g/mol. The predicted octanol–water partition coefficient (Wildman–Crippen LogP) is 5.41. The first-order valence-corrected chi connectivity index (χ1v) is 11.9. The maximum absolute atomic E-state index is 13.7. The minimum atomic E-state index is -5.10. The molecule has 0 amide bonds. The van der Waals surface area contributed by atoms with Crippen LogP contribution in [0.1, 0.15) is 18.4 Å². The van der Waals surface area contributed by atoms with Crippen LogP contribution in [0.15, 0.2) is 65.6 Å². The molecular formula is C27H24ClF5N2O5. The maximum Gasteiger partial charge on any atom is 0.420 e. The molecule has 4 rings (SSSR count). The Balaban J connectivity index is 0.000000220. The largest absolute Gasteiger partial charge is 0.494 e. The second-order valence-corrected chi connectivity index (χ2v) is 8.93. The highest BCUT2D eigenvalue weighted by atomic mass is 35.5. The zero-order chi connectivity index (χ0) is 29.8. The number of benzene rings is 2. The highest BCUT2D eigenvalue weighted by Crippen LogP contribution is 2.44. The second kappa shape index (κ2) is 12.2. The number of methoxy groups -OCH3 is 2. The van der Waals surface area contributed by atoms with Gasteiger partial charge in [0, 0.05) is 18.1 Å². The van der Waals surface area contributed by atoms with Crippen molar-refractivity contribution in [2.45, 2.75) is 24.6 Å². The van der Waals surface area contributed by atoms with Crippen LogP contribution in [-0.4, -0.2) is 52.4 Å². The topological polar surface area (TPSA) is 93.8 Å². The van der Waals surface area contributed by atoms with E-state index in [2.05, 4.69) is 9.72 Å². The Bertz CT molecular complexity index is 1550. The van der Waals surface area contributed by atoms with Crippen molar-refractivity contribution in [1.29, 1.82) is 0 Å². The van der Waals surface area contributed by atoms with Gasteiger partial charge in [-0.1, -0.05) is 24.6 Å². The molecule has 0 aliphatic heterocycles. The van der Waals surface area contributed by atoms with Crippen molar-refractivity contribution in [3.05, 3.63) is 93.4 Å². The Morgan fingerprint density at radius 2 is 1.70 bits per heavy atom. The van der Waals surface area contributed by atoms with Crippen molar-refractivity contribution in [2.75, 3.05) is 20.8 Å². The minimum Gasteiger partial charge on any atom is -0.494 e. The van der Waals surface area contributed by atoms with E-state index in [1.165, 1.54) is 43.2 Å². The van der Waals surface area contributed by atoms with Crippen LogP contribution in [0, 0.1) is 11.6 Å². The molecule has 40 heavy (non-hydrogen) atoms. The lowest BCUT2D eigenvalue weighted by Gasteiger charge is -2.34. The van der Waals surface area contributed by atoms with Gasteiger partial charge in [-0.3, -0.25) is 9.36 Å². The molecule has 0 aliphatic rings. The van der Waals surface area contributed by atoms with Gasteiger partial charge < -0.3 is 19.7 Å². The molecule has 0 aliphatic carbocycles. The monoisotopic (exact) mass is 586 g/mol. The number of hydrogen-bond acceptors (Lipinski definition) is 6. The third-order valence-electron chi connectivity index (χ3n) is 6.26. The fourth-order valence-corrected chi connectivity index (χ4v) is 4.19. The summed E-state index contributed by atoms with van der Waals surface area (Å²) in [6, 6.07) is 13.0. The number of rotatable bonds is 6. The normalized spacial score (nSPS) is 13.7. The molecule has 2 aromatic carbocycles. The van der Waals surface area contributed by atoms with Crippen LogP contribution in [-0.2, 0) is 0 Å². The van der Waals surface area contributed by atoms with Crippen LogP contribution in [0.25, 0.3) is 16.6 Å². The van der Waals surface area contributed by atoms with Crippen LogP contribution < -0.4 is 15.0 Å². The van der Waals surface area contributed by atoms with Gasteiger partial charge in [-0.25, -0.2) is 13.8 Å². The molecule has 2 N–H and O–H groups in total. The summed E-state index contributed by atoms with van der Waals surface area (Å²) in [5.41, 5.74) is -2.87. The van der Waals surface area contributed by atoms with E-state index >= 15 is 0 Å². The summed E-state index contributed by atoms with van der Waals surface area (Å²) in [6.45, 7) is -0.571. The van der Waals surface area contributed by atoms with E-state index in [4.69, 9.17) is 21.4 Å². The summed E-state index contributed by atoms with van der Waals surface area (Å²) in [5.74, 6) is -2.86. The van der Waals surface area contributed by atoms with E-state index in [1.807, 2.05) is 0 Å². The summed E-state index contributed by atoms with van der Waals surface area (Å²) in [4.78, 5) is 16.1. The fraction of sp³-hybridized carbons (Fsp3) is 0.259. The maximum atomic E-state index is 13.7. The number of alkyl halides is 3. The standard InChI is InChI=1S/C15H11FN2O2.C12H13ClF4O3/c1-20-14-6-5-12(9-17-14)18-13-8-11(16)4-2-10(13)3-7-15(18)19;1-6(11(19,5-18)12(15,16)17)7-3-4-8(20-2)10(14)9(7)13/h2-9H,1H3;3-4,6,18-19H,5H2,1-2H3. The number of hydrogen-bond donors (Lipinski definition) is 2. The molecule has 214 valence electrons. The smallest absolute Gasteiger partial charge is 0.420 e. The molecule has 2 atom stereocenters. The molecule has 0 saturated heterocycles. The summed E-state index contributed by atoms with van der Waals surface area (Å²) in [6.07, 6.45) is -3.58. The van der Waals surface area contributed by atoms with E-state index in [1.54, 1.807) is 24.3 Å². The van der Waals surface area contributed by atoms with Crippen molar-refractivity contribution in [2.24, 2.45) is 0 Å². The number of pyridine rings is 2. The van der Waals surface area contributed by atoms with Gasteiger partial charge in [0.05, 0.1) is 43.3 Å². The van der Waals surface area contributed by atoms with Gasteiger partial charge in [0.25, 0.3) is 5.56 Å². The first kappa shape index (κ1) is 30.8. The van der Waals surface area contributed by atoms with E-state index in [-0.39, 0.29) is 16.9 Å². The molecule has 0 bridgehead atoms. The highest BCUT2D eigenvalue weighted by molar-refractivity contribution is 6.31. The zero-order valence-electron chi connectivity index (χ0n) is 21.3. The molecule has 0 spiro atoms. The number of ether oxygens (including phenoxy) is 2. The Kier molecular flexibility index (Phi) is 9.39. The fourth-order valence-electron chi connectivity index (χ4n) is 3.87. The summed E-state index contributed by atoms with van der Waals surface area (Å²) in [7, 11) is 2.69. The quantitative estimate of drug-likeness (QED) is 0.294. The second-order valence-electron chi connectivity index (χ2n) is 8.56. The van der Waals surface area contributed by atoms with Gasteiger partial charge in [0.15, 0.2) is 17.2 Å². The van der Waals surface area contributed by atoms with Gasteiger partial charge in [-0.2, -0.15) is 13.2 Å². The third-order valence-corrected chi connectivity index (χ3v) is 6.64. The SMILES string of the molecule is COc1ccc(-n2c(=O)ccc3ccc(F)cc32)cn1.COc1ccc(C(C)C(O)(CO)C(F)(F)F)c(Cl)c1F. The summed E-state index contributed by atoms with van der Waals surface area (Å²) in [5, 5.41) is 18.7. The van der Waals surface area contributed by atoms with Crippen molar-refractivity contribution in [3.8, 4) is 17.3 Å². The van der Waals surface area contributed by atoms with Crippen molar-refractivity contribution < 1.29 is 41.6 Å². The molecule has 2 aromatic heterocycles. The average Bonchev–Trinajstić information content (AvgIpc) is 2.93. The Morgan fingerprint density at radius 3 is 2.25 bits per heavy atom. The van der Waals surface area contributed by atoms with E-state index < -0.39 is 41.0 Å². The molecule has 2 heterocycles. The number of nitrogens with zero attached hydrogens (tertiary/aromatic N) is 2. The molecule has 7 nitrogen and oxygen atoms in total. The summed E-state index contributed by atoms with van der Waals surface area (Å²) >= 11 is 5.67. The third kappa shape index (κ3) is 6.03. The number of aromatic nitrogens is 2. The molecule has 0 saturated carbocycles.